The van der Waals surface area contributed by atoms with Crippen molar-refractivity contribution in [1.82, 2.24) is 9.97 Å². The second kappa shape index (κ2) is 6.78. The molecule has 1 saturated carbocycles. The van der Waals surface area contributed by atoms with E-state index in [0.717, 1.165) is 23.3 Å². The van der Waals surface area contributed by atoms with E-state index >= 15 is 0 Å². The van der Waals surface area contributed by atoms with Crippen molar-refractivity contribution >= 4 is 28.1 Å². The maximum Gasteiger partial charge on any atom is 0.144 e. The largest absolute Gasteiger partial charge is 0.381 e. The molecule has 1 N–H and O–H groups in total. The van der Waals surface area contributed by atoms with Crippen LogP contribution in [0.1, 0.15) is 50.0 Å². The Bertz CT molecular complexity index is 455. The molecule has 1 aromatic rings. The van der Waals surface area contributed by atoms with E-state index in [1.807, 2.05) is 6.92 Å². The second-order valence-corrected chi connectivity index (χ2v) is 5.82. The van der Waals surface area contributed by atoms with E-state index in [-0.39, 0.29) is 0 Å². The van der Waals surface area contributed by atoms with Gasteiger partial charge < -0.3 is 9.72 Å². The number of aromatic nitrogens is 2. The van der Waals surface area contributed by atoms with E-state index in [9.17, 15) is 0 Å². The Hall–Kier alpha value is -0.260. The van der Waals surface area contributed by atoms with Gasteiger partial charge in [0.1, 0.15) is 10.5 Å². The fraction of sp³-hybridized carbons (Fsp3) is 0.692. The molecule has 1 aliphatic carbocycles. The van der Waals surface area contributed by atoms with Crippen LogP contribution in [0, 0.1) is 4.64 Å². The van der Waals surface area contributed by atoms with E-state index in [1.165, 1.54) is 31.4 Å². The predicted molar refractivity (Wildman–Crippen MR) is 78.5 cm³/mol. The molecule has 1 heterocycles. The molecule has 3 nitrogen and oxygen atoms in total. The minimum Gasteiger partial charge on any atom is -0.381 e. The predicted octanol–water partition coefficient (Wildman–Crippen LogP) is 4.14. The van der Waals surface area contributed by atoms with Gasteiger partial charge in [-0.25, -0.2) is 4.98 Å². The Labute approximate surface area is 121 Å². The van der Waals surface area contributed by atoms with Crippen LogP contribution in [0.15, 0.2) is 4.47 Å². The molecule has 1 aliphatic rings. The highest BCUT2D eigenvalue weighted by atomic mass is 79.9. The highest BCUT2D eigenvalue weighted by Gasteiger charge is 2.21. The number of H-pyrrole nitrogens is 1. The molecule has 0 saturated heterocycles. The normalized spacial score (nSPS) is 16.3. The zero-order valence-corrected chi connectivity index (χ0v) is 13.1. The lowest BCUT2D eigenvalue weighted by Crippen LogP contribution is -2.08. The zero-order chi connectivity index (χ0) is 13.0. The Kier molecular flexibility index (Phi) is 5.33. The minimum atomic E-state index is 0.606. The molecule has 0 spiro atoms. The van der Waals surface area contributed by atoms with E-state index in [4.69, 9.17) is 17.0 Å². The van der Waals surface area contributed by atoms with Gasteiger partial charge in [0.05, 0.1) is 11.1 Å². The van der Waals surface area contributed by atoms with E-state index in [0.29, 0.717) is 17.2 Å². The molecule has 18 heavy (non-hydrogen) atoms. The average Bonchev–Trinajstić information content (AvgIpc) is 2.87. The summed E-state index contributed by atoms with van der Waals surface area (Å²) in [5.41, 5.74) is 1.24. The van der Waals surface area contributed by atoms with Crippen molar-refractivity contribution in [3.05, 3.63) is 20.6 Å². The van der Waals surface area contributed by atoms with Crippen LogP contribution in [0.2, 0.25) is 0 Å². The maximum absolute atomic E-state index is 5.37. The number of halogens is 1. The fourth-order valence-electron chi connectivity index (χ4n) is 2.45. The highest BCUT2D eigenvalue weighted by Crippen LogP contribution is 2.36. The number of hydrogen-bond acceptors (Lipinski definition) is 3. The van der Waals surface area contributed by atoms with Gasteiger partial charge in [0.25, 0.3) is 0 Å². The first-order chi connectivity index (χ1) is 8.72. The maximum atomic E-state index is 5.37. The highest BCUT2D eigenvalue weighted by molar-refractivity contribution is 9.10. The van der Waals surface area contributed by atoms with Crippen molar-refractivity contribution in [2.75, 3.05) is 13.2 Å². The van der Waals surface area contributed by atoms with Crippen LogP contribution < -0.4 is 0 Å². The Balaban J connectivity index is 2.19. The van der Waals surface area contributed by atoms with Crippen LogP contribution in [0.3, 0.4) is 0 Å². The summed E-state index contributed by atoms with van der Waals surface area (Å²) in [5, 5.41) is 0. The van der Waals surface area contributed by atoms with Gasteiger partial charge in [-0.15, -0.1) is 0 Å². The summed E-state index contributed by atoms with van der Waals surface area (Å²) >= 11 is 8.90. The molecule has 1 fully saturated rings. The van der Waals surface area contributed by atoms with Gasteiger partial charge in [-0.2, -0.15) is 0 Å². The van der Waals surface area contributed by atoms with Crippen LogP contribution in [0.25, 0.3) is 0 Å². The summed E-state index contributed by atoms with van der Waals surface area (Å²) in [4.78, 5) is 7.86. The number of hydrogen-bond donors (Lipinski definition) is 1. The molecule has 100 valence electrons. The zero-order valence-electron chi connectivity index (χ0n) is 10.7. The summed E-state index contributed by atoms with van der Waals surface area (Å²) in [6.07, 6.45) is 5.92. The van der Waals surface area contributed by atoms with Crippen molar-refractivity contribution in [3.63, 3.8) is 0 Å². The summed E-state index contributed by atoms with van der Waals surface area (Å²) in [7, 11) is 0. The average molecular weight is 331 g/mol. The van der Waals surface area contributed by atoms with Gasteiger partial charge in [0.15, 0.2) is 0 Å². The van der Waals surface area contributed by atoms with Crippen LogP contribution in [-0.4, -0.2) is 23.2 Å². The number of rotatable bonds is 5. The lowest BCUT2D eigenvalue weighted by molar-refractivity contribution is 0.149. The van der Waals surface area contributed by atoms with Gasteiger partial charge in [-0.05, 0) is 35.7 Å². The summed E-state index contributed by atoms with van der Waals surface area (Å²) in [5.74, 6) is 1.55. The minimum absolute atomic E-state index is 0.606. The number of aromatic amines is 1. The first-order valence-corrected chi connectivity index (χ1v) is 7.78. The number of nitrogens with one attached hydrogen (secondary N) is 1. The molecule has 0 unspecified atom stereocenters. The summed E-state index contributed by atoms with van der Waals surface area (Å²) in [6, 6.07) is 0. The van der Waals surface area contributed by atoms with Gasteiger partial charge >= 0.3 is 0 Å². The molecule has 0 atom stereocenters. The number of ether oxygens (including phenoxy) is 1. The molecular weight excluding hydrogens is 312 g/mol. The summed E-state index contributed by atoms with van der Waals surface area (Å²) < 4.78 is 7.01. The van der Waals surface area contributed by atoms with E-state index < -0.39 is 0 Å². The standard InChI is InChI=1S/C13H19BrN2OS/c1-2-17-8-7-10-15-12(9-5-3-4-6-9)11(14)13(18)16-10/h9H,2-8H2,1H3,(H,15,16,18). The van der Waals surface area contributed by atoms with Crippen molar-refractivity contribution in [2.24, 2.45) is 0 Å². The van der Waals surface area contributed by atoms with Crippen LogP contribution in [0.5, 0.6) is 0 Å². The van der Waals surface area contributed by atoms with Gasteiger partial charge in [-0.3, -0.25) is 0 Å². The van der Waals surface area contributed by atoms with Crippen LogP contribution in [-0.2, 0) is 11.2 Å². The SMILES string of the molecule is CCOCCc1nc(=S)c(Br)c(C2CCCC2)[nH]1. The quantitative estimate of drug-likeness (QED) is 0.651. The van der Waals surface area contributed by atoms with Crippen molar-refractivity contribution in [3.8, 4) is 0 Å². The summed E-state index contributed by atoms with van der Waals surface area (Å²) in [6.45, 7) is 3.44. The fourth-order valence-corrected chi connectivity index (χ4v) is 3.18. The monoisotopic (exact) mass is 330 g/mol. The molecule has 0 aliphatic heterocycles. The van der Waals surface area contributed by atoms with Crippen molar-refractivity contribution in [1.29, 1.82) is 0 Å². The first kappa shape index (κ1) is 14.2. The van der Waals surface area contributed by atoms with Crippen LogP contribution in [0.4, 0.5) is 0 Å². The van der Waals surface area contributed by atoms with Crippen molar-refractivity contribution in [2.45, 2.75) is 44.9 Å². The Morgan fingerprint density at radius 2 is 2.17 bits per heavy atom. The van der Waals surface area contributed by atoms with Gasteiger partial charge in [0, 0.05) is 24.6 Å². The topological polar surface area (TPSA) is 37.9 Å². The molecule has 5 heteroatoms. The van der Waals surface area contributed by atoms with E-state index in [2.05, 4.69) is 25.9 Å². The Morgan fingerprint density at radius 1 is 1.44 bits per heavy atom. The van der Waals surface area contributed by atoms with Crippen molar-refractivity contribution < 1.29 is 4.74 Å². The third kappa shape index (κ3) is 3.39. The van der Waals surface area contributed by atoms with Crippen LogP contribution >= 0.6 is 28.1 Å². The molecular formula is C13H19BrN2OS. The van der Waals surface area contributed by atoms with Gasteiger partial charge in [-0.1, -0.05) is 25.1 Å². The molecule has 0 bridgehead atoms. The third-order valence-corrected chi connectivity index (χ3v) is 4.75. The molecule has 0 radical (unpaired) electrons. The first-order valence-electron chi connectivity index (χ1n) is 6.58. The lowest BCUT2D eigenvalue weighted by Gasteiger charge is -2.14. The third-order valence-electron chi connectivity index (χ3n) is 3.39. The smallest absolute Gasteiger partial charge is 0.144 e. The molecule has 2 rings (SSSR count). The lowest BCUT2D eigenvalue weighted by atomic mass is 10.0. The van der Waals surface area contributed by atoms with E-state index in [1.54, 1.807) is 0 Å². The molecule has 1 aromatic heterocycles. The Morgan fingerprint density at radius 3 is 2.83 bits per heavy atom. The molecule has 0 aromatic carbocycles. The second-order valence-electron chi connectivity index (χ2n) is 4.64. The van der Waals surface area contributed by atoms with Gasteiger partial charge in [0.2, 0.25) is 0 Å². The number of nitrogens with zero attached hydrogens (tertiary/aromatic N) is 1. The molecule has 0 amide bonds.